The van der Waals surface area contributed by atoms with Crippen molar-refractivity contribution in [1.29, 1.82) is 0 Å². The van der Waals surface area contributed by atoms with Gasteiger partial charge < -0.3 is 30.3 Å². The molecule has 0 bridgehead atoms. The number of piperazine rings is 1. The van der Waals surface area contributed by atoms with E-state index >= 15 is 0 Å². The lowest BCUT2D eigenvalue weighted by Gasteiger charge is -2.34. The van der Waals surface area contributed by atoms with Gasteiger partial charge in [-0.2, -0.15) is 0 Å². The van der Waals surface area contributed by atoms with Crippen molar-refractivity contribution in [2.24, 2.45) is 0 Å². The van der Waals surface area contributed by atoms with Crippen LogP contribution in [-0.2, 0) is 17.8 Å². The fourth-order valence-electron chi connectivity index (χ4n) is 5.44. The number of phenols is 2. The molecule has 2 heterocycles. The van der Waals surface area contributed by atoms with Crippen molar-refractivity contribution in [3.8, 4) is 34.3 Å². The monoisotopic (exact) mass is 642 g/mol. The van der Waals surface area contributed by atoms with Gasteiger partial charge in [0.2, 0.25) is 5.82 Å². The molecule has 3 aromatic carbocycles. The van der Waals surface area contributed by atoms with E-state index in [1.807, 2.05) is 45.0 Å². The Balaban J connectivity index is 1.27. The molecule has 0 saturated carbocycles. The average molecular weight is 643 g/mol. The predicted octanol–water partition coefficient (Wildman–Crippen LogP) is 4.16. The zero-order chi connectivity index (χ0) is 33.7. The second-order valence-electron chi connectivity index (χ2n) is 11.6. The van der Waals surface area contributed by atoms with Gasteiger partial charge in [-0.15, -0.1) is 10.2 Å². The second-order valence-corrected chi connectivity index (χ2v) is 11.6. The van der Waals surface area contributed by atoms with E-state index in [1.165, 1.54) is 6.07 Å². The first-order valence-electron chi connectivity index (χ1n) is 15.4. The molecule has 1 aliphatic heterocycles. The number of hydrogen-bond acceptors (Lipinski definition) is 9. The number of rotatable bonds is 10. The lowest BCUT2D eigenvalue weighted by atomic mass is 9.98. The van der Waals surface area contributed by atoms with Crippen LogP contribution in [0.5, 0.6) is 17.2 Å². The summed E-state index contributed by atoms with van der Waals surface area (Å²) in [6.07, 6.45) is -0.547. The van der Waals surface area contributed by atoms with Crippen molar-refractivity contribution >= 4 is 18.0 Å². The number of carbonyl (C=O) groups is 3. The molecular weight excluding hydrogens is 604 g/mol. The van der Waals surface area contributed by atoms with E-state index in [0.29, 0.717) is 67.4 Å². The van der Waals surface area contributed by atoms with E-state index in [-0.39, 0.29) is 35.5 Å². The Morgan fingerprint density at radius 1 is 0.894 bits per heavy atom. The number of ether oxygens (including phenoxy) is 1. The molecule has 0 atom stereocenters. The highest BCUT2D eigenvalue weighted by molar-refractivity contribution is 5.92. The number of phenolic OH excluding ortho intramolecular Hbond substituents is 2. The summed E-state index contributed by atoms with van der Waals surface area (Å²) in [5.41, 5.74) is 3.24. The van der Waals surface area contributed by atoms with Gasteiger partial charge >= 0.3 is 12.1 Å². The van der Waals surface area contributed by atoms with Crippen LogP contribution in [0.15, 0.2) is 60.7 Å². The molecule has 0 unspecified atom stereocenters. The van der Waals surface area contributed by atoms with Crippen molar-refractivity contribution in [2.45, 2.75) is 39.7 Å². The Hall–Kier alpha value is -5.43. The Bertz CT molecular complexity index is 1740. The molecule has 1 saturated heterocycles. The lowest BCUT2D eigenvalue weighted by Crippen LogP contribution is -2.49. The maximum Gasteiger partial charge on any atom is 0.415 e. The van der Waals surface area contributed by atoms with Crippen molar-refractivity contribution in [3.05, 3.63) is 83.2 Å². The fourth-order valence-corrected chi connectivity index (χ4v) is 5.44. The van der Waals surface area contributed by atoms with Gasteiger partial charge in [-0.3, -0.25) is 19.1 Å². The van der Waals surface area contributed by atoms with Crippen LogP contribution in [0.3, 0.4) is 0 Å². The molecule has 4 N–H and O–H groups in total. The molecule has 0 aliphatic carbocycles. The number of aromatic nitrogens is 3. The summed E-state index contributed by atoms with van der Waals surface area (Å²) in [7, 11) is 0. The van der Waals surface area contributed by atoms with Gasteiger partial charge in [-0.1, -0.05) is 38.1 Å². The summed E-state index contributed by atoms with van der Waals surface area (Å²) in [4.78, 5) is 40.4. The van der Waals surface area contributed by atoms with Gasteiger partial charge in [0, 0.05) is 51.0 Å². The lowest BCUT2D eigenvalue weighted by molar-refractivity contribution is -0.136. The van der Waals surface area contributed by atoms with E-state index in [4.69, 9.17) is 9.84 Å². The van der Waals surface area contributed by atoms with Crippen molar-refractivity contribution in [1.82, 2.24) is 29.9 Å². The van der Waals surface area contributed by atoms with E-state index in [9.17, 15) is 24.6 Å². The van der Waals surface area contributed by atoms with E-state index in [1.54, 1.807) is 39.8 Å². The third-order valence-electron chi connectivity index (χ3n) is 7.93. The maximum atomic E-state index is 13.0. The molecular formula is C34H38N6O7. The van der Waals surface area contributed by atoms with Crippen LogP contribution in [-0.4, -0.2) is 90.6 Å². The first-order valence-corrected chi connectivity index (χ1v) is 15.4. The Morgan fingerprint density at radius 2 is 1.55 bits per heavy atom. The van der Waals surface area contributed by atoms with Gasteiger partial charge in [0.15, 0.2) is 5.82 Å². The zero-order valence-corrected chi connectivity index (χ0v) is 26.5. The van der Waals surface area contributed by atoms with Gasteiger partial charge in [0.05, 0.1) is 12.0 Å². The minimum atomic E-state index is -0.925. The Morgan fingerprint density at radius 3 is 2.17 bits per heavy atom. The topological polar surface area (TPSA) is 170 Å². The number of hydrogen-bond donors (Lipinski definition) is 4. The summed E-state index contributed by atoms with van der Waals surface area (Å²) in [5.74, 6) is -0.886. The summed E-state index contributed by atoms with van der Waals surface area (Å²) in [6, 6.07) is 17.0. The molecule has 0 radical (unpaired) electrons. The highest BCUT2D eigenvalue weighted by atomic mass is 16.6. The fraction of sp³-hybridized carbons (Fsp3) is 0.324. The second kappa shape index (κ2) is 14.3. The first kappa shape index (κ1) is 32.9. The average Bonchev–Trinajstić information content (AvgIpc) is 3.47. The van der Waals surface area contributed by atoms with Crippen LogP contribution in [0.1, 0.15) is 54.0 Å². The number of carboxylic acid groups (broad SMARTS) is 1. The van der Waals surface area contributed by atoms with Gasteiger partial charge in [-0.25, -0.2) is 4.79 Å². The summed E-state index contributed by atoms with van der Waals surface area (Å²) < 4.78 is 7.07. The molecule has 246 valence electrons. The SMILES string of the molecule is CCNC(=O)c1nnc(-c2cc(C(C)C)c(O)cc2O)n1-c1ccc(CN2CCN(C(=O)Oc3ccc(CC(=O)O)cc3)CC2)cc1. The molecule has 13 nitrogen and oxygen atoms in total. The Kier molecular flexibility index (Phi) is 10.0. The number of nitrogens with one attached hydrogen (secondary N) is 1. The van der Waals surface area contributed by atoms with Crippen LogP contribution in [0, 0.1) is 0 Å². The molecule has 2 amide bonds. The third-order valence-corrected chi connectivity index (χ3v) is 7.93. The number of benzene rings is 3. The minimum absolute atomic E-state index is 0.0235. The molecule has 0 spiro atoms. The molecule has 5 rings (SSSR count). The number of aromatic hydroxyl groups is 2. The van der Waals surface area contributed by atoms with Crippen LogP contribution in [0.25, 0.3) is 17.1 Å². The normalized spacial score (nSPS) is 13.5. The van der Waals surface area contributed by atoms with Gasteiger partial charge in [0.1, 0.15) is 17.2 Å². The molecule has 13 heteroatoms. The largest absolute Gasteiger partial charge is 0.508 e. The zero-order valence-electron chi connectivity index (χ0n) is 26.5. The van der Waals surface area contributed by atoms with Gasteiger partial charge in [0.25, 0.3) is 5.91 Å². The molecule has 4 aromatic rings. The standard InChI is InChI=1S/C34H38N6O7/c1-4-35-33(45)32-37-36-31(27-18-26(21(2)3)28(41)19-29(27)42)40(32)24-9-5-23(6-10-24)20-38-13-15-39(16-14-38)34(46)47-25-11-7-22(8-12-25)17-30(43)44/h5-12,18-19,21,41-42H,4,13-17,20H2,1-3H3,(H,35,45)(H,43,44). The van der Waals surface area contributed by atoms with E-state index < -0.39 is 18.0 Å². The van der Waals surface area contributed by atoms with Gasteiger partial charge in [-0.05, 0) is 59.9 Å². The Labute approximate surface area is 272 Å². The highest BCUT2D eigenvalue weighted by Crippen LogP contribution is 2.38. The summed E-state index contributed by atoms with van der Waals surface area (Å²) in [5, 5.41) is 41.2. The number of carbonyl (C=O) groups excluding carboxylic acids is 2. The minimum Gasteiger partial charge on any atom is -0.508 e. The first-order chi connectivity index (χ1) is 22.5. The van der Waals surface area contributed by atoms with E-state index in [2.05, 4.69) is 20.4 Å². The van der Waals surface area contributed by atoms with Crippen molar-refractivity contribution < 1.29 is 34.4 Å². The smallest absolute Gasteiger partial charge is 0.415 e. The number of aliphatic carboxylic acids is 1. The van der Waals surface area contributed by atoms with Crippen LogP contribution < -0.4 is 10.1 Å². The highest BCUT2D eigenvalue weighted by Gasteiger charge is 2.25. The third kappa shape index (κ3) is 7.69. The van der Waals surface area contributed by atoms with Crippen molar-refractivity contribution in [3.63, 3.8) is 0 Å². The van der Waals surface area contributed by atoms with Crippen molar-refractivity contribution in [2.75, 3.05) is 32.7 Å². The predicted molar refractivity (Wildman–Crippen MR) is 173 cm³/mol. The molecule has 1 aromatic heterocycles. The summed E-state index contributed by atoms with van der Waals surface area (Å²) >= 11 is 0. The number of amides is 2. The number of nitrogens with zero attached hydrogens (tertiary/aromatic N) is 5. The van der Waals surface area contributed by atoms with E-state index in [0.717, 1.165) is 5.56 Å². The summed E-state index contributed by atoms with van der Waals surface area (Å²) in [6.45, 7) is 8.96. The molecule has 1 fully saturated rings. The quantitative estimate of drug-likeness (QED) is 0.197. The molecule has 1 aliphatic rings. The van der Waals surface area contributed by atoms with Crippen LogP contribution in [0.4, 0.5) is 4.79 Å². The van der Waals surface area contributed by atoms with Crippen LogP contribution in [0.2, 0.25) is 0 Å². The van der Waals surface area contributed by atoms with Crippen LogP contribution >= 0.6 is 0 Å². The maximum absolute atomic E-state index is 13.0. The number of carboxylic acids is 1. The molecule has 47 heavy (non-hydrogen) atoms.